The monoisotopic (exact) mass is 265 g/mol. The van der Waals surface area contributed by atoms with E-state index in [9.17, 15) is 0 Å². The van der Waals surface area contributed by atoms with Crippen LogP contribution in [0.3, 0.4) is 0 Å². The molecule has 0 aromatic heterocycles. The van der Waals surface area contributed by atoms with Gasteiger partial charge < -0.3 is 13.5 Å². The quantitative estimate of drug-likeness (QED) is 0.509. The molecule has 1 N–H and O–H groups in total. The van der Waals surface area contributed by atoms with Crippen LogP contribution < -0.4 is 4.65 Å². The van der Waals surface area contributed by atoms with Crippen LogP contribution in [0.25, 0.3) is 0 Å². The van der Waals surface area contributed by atoms with Crippen molar-refractivity contribution in [3.63, 3.8) is 0 Å². The standard InChI is InChI=1S/C9H27N3O2Si2/c1-11(2)9(12(3)4)15(7)10-16(8,13-5)14-6/h9-10,15H,1-8H3. The Balaban J connectivity index is 4.58. The number of nitrogens with zero attached hydrogens (tertiary/aromatic N) is 2. The van der Waals surface area contributed by atoms with E-state index in [4.69, 9.17) is 8.85 Å². The van der Waals surface area contributed by atoms with E-state index in [1.807, 2.05) is 6.55 Å². The largest absolute Gasteiger partial charge is 0.414 e. The van der Waals surface area contributed by atoms with Crippen LogP contribution in [-0.2, 0) is 8.85 Å². The van der Waals surface area contributed by atoms with Crippen LogP contribution in [0.2, 0.25) is 13.1 Å². The highest BCUT2D eigenvalue weighted by Gasteiger charge is 2.35. The molecule has 16 heavy (non-hydrogen) atoms. The van der Waals surface area contributed by atoms with Crippen LogP contribution in [0.15, 0.2) is 0 Å². The van der Waals surface area contributed by atoms with Crippen molar-refractivity contribution in [1.82, 2.24) is 14.4 Å². The second-order valence-corrected chi connectivity index (χ2v) is 10.7. The van der Waals surface area contributed by atoms with Gasteiger partial charge in [-0.1, -0.05) is 6.55 Å². The molecule has 0 aliphatic rings. The Bertz CT molecular complexity index is 193. The van der Waals surface area contributed by atoms with Crippen LogP contribution in [0.5, 0.6) is 0 Å². The first-order valence-corrected chi connectivity index (χ1v) is 10.2. The fourth-order valence-corrected chi connectivity index (χ4v) is 8.85. The maximum absolute atomic E-state index is 5.47. The third kappa shape index (κ3) is 4.62. The molecule has 0 saturated carbocycles. The van der Waals surface area contributed by atoms with E-state index in [-0.39, 0.29) is 0 Å². The molecule has 0 aromatic rings. The van der Waals surface area contributed by atoms with Crippen LogP contribution in [-0.4, -0.2) is 75.7 Å². The van der Waals surface area contributed by atoms with Crippen LogP contribution in [0.4, 0.5) is 0 Å². The molecule has 0 amide bonds. The summed E-state index contributed by atoms with van der Waals surface area (Å²) < 4.78 is 14.5. The Morgan fingerprint density at radius 2 is 1.44 bits per heavy atom. The molecule has 1 unspecified atom stereocenters. The van der Waals surface area contributed by atoms with Gasteiger partial charge in [0.15, 0.2) is 0 Å². The number of hydrogen-bond donors (Lipinski definition) is 1. The van der Waals surface area contributed by atoms with Gasteiger partial charge in [0.05, 0.1) is 5.79 Å². The zero-order chi connectivity index (χ0) is 12.9. The lowest BCUT2D eigenvalue weighted by Crippen LogP contribution is -2.65. The Labute approximate surface area is 103 Å². The third-order valence-electron chi connectivity index (χ3n) is 2.77. The number of hydrogen-bond acceptors (Lipinski definition) is 5. The van der Waals surface area contributed by atoms with E-state index in [1.165, 1.54) is 0 Å². The zero-order valence-corrected chi connectivity index (χ0v) is 14.0. The first-order valence-electron chi connectivity index (χ1n) is 5.48. The van der Waals surface area contributed by atoms with Gasteiger partial charge >= 0.3 is 8.72 Å². The zero-order valence-electron chi connectivity index (χ0n) is 11.9. The van der Waals surface area contributed by atoms with Crippen molar-refractivity contribution in [1.29, 1.82) is 0 Å². The van der Waals surface area contributed by atoms with Gasteiger partial charge in [0.1, 0.15) is 8.96 Å². The van der Waals surface area contributed by atoms with E-state index in [1.54, 1.807) is 14.2 Å². The number of nitrogens with one attached hydrogen (secondary N) is 1. The molecule has 0 heterocycles. The highest BCUT2D eigenvalue weighted by atomic mass is 28.4. The lowest BCUT2D eigenvalue weighted by atomic mass is 10.8. The lowest BCUT2D eigenvalue weighted by Gasteiger charge is -2.38. The maximum atomic E-state index is 5.47. The van der Waals surface area contributed by atoms with Crippen molar-refractivity contribution in [3.05, 3.63) is 0 Å². The van der Waals surface area contributed by atoms with Gasteiger partial charge in [-0.05, 0) is 34.7 Å². The van der Waals surface area contributed by atoms with E-state index in [0.717, 1.165) is 0 Å². The summed E-state index contributed by atoms with van der Waals surface area (Å²) >= 11 is 0. The molecule has 1 atom stereocenters. The summed E-state index contributed by atoms with van der Waals surface area (Å²) in [6, 6.07) is 0. The predicted octanol–water partition coefficient (Wildman–Crippen LogP) is -0.220. The van der Waals surface area contributed by atoms with Gasteiger partial charge in [0, 0.05) is 14.2 Å². The van der Waals surface area contributed by atoms with Crippen LogP contribution >= 0.6 is 0 Å². The summed E-state index contributed by atoms with van der Waals surface area (Å²) in [6.07, 6.45) is 0. The summed E-state index contributed by atoms with van der Waals surface area (Å²) in [7, 11) is 8.51. The van der Waals surface area contributed by atoms with Gasteiger partial charge in [0.25, 0.3) is 0 Å². The molecule has 0 saturated heterocycles. The molecule has 0 fully saturated rings. The van der Waals surface area contributed by atoms with Gasteiger partial charge in [-0.3, -0.25) is 9.80 Å². The van der Waals surface area contributed by atoms with Gasteiger partial charge in [-0.15, -0.1) is 0 Å². The number of rotatable bonds is 7. The topological polar surface area (TPSA) is 37.0 Å². The molecular weight excluding hydrogens is 238 g/mol. The molecule has 98 valence electrons. The predicted molar refractivity (Wildman–Crippen MR) is 72.9 cm³/mol. The molecule has 7 heteroatoms. The minimum atomic E-state index is -2.16. The van der Waals surface area contributed by atoms with Crippen molar-refractivity contribution >= 4 is 17.7 Å². The van der Waals surface area contributed by atoms with Crippen molar-refractivity contribution in [3.8, 4) is 0 Å². The van der Waals surface area contributed by atoms with Crippen LogP contribution in [0.1, 0.15) is 0 Å². The Morgan fingerprint density at radius 3 is 1.69 bits per heavy atom. The Kier molecular flexibility index (Phi) is 6.95. The minimum absolute atomic E-state index is 0.442. The summed E-state index contributed by atoms with van der Waals surface area (Å²) in [4.78, 5) is 4.48. The van der Waals surface area contributed by atoms with Gasteiger partial charge in [-0.2, -0.15) is 0 Å². The fourth-order valence-electron chi connectivity index (χ4n) is 2.05. The summed E-state index contributed by atoms with van der Waals surface area (Å²) in [5.74, 6) is 0.442. The van der Waals surface area contributed by atoms with Gasteiger partial charge in [0.2, 0.25) is 0 Å². The van der Waals surface area contributed by atoms with Crippen molar-refractivity contribution in [2.45, 2.75) is 18.9 Å². The molecular formula is C9H27N3O2Si2. The highest BCUT2D eigenvalue weighted by molar-refractivity contribution is 6.77. The first kappa shape index (κ1) is 16.2. The molecule has 0 rings (SSSR count). The van der Waals surface area contributed by atoms with Crippen molar-refractivity contribution in [2.24, 2.45) is 0 Å². The second-order valence-electron chi connectivity index (χ2n) is 4.63. The van der Waals surface area contributed by atoms with Crippen molar-refractivity contribution < 1.29 is 8.85 Å². The van der Waals surface area contributed by atoms with Crippen molar-refractivity contribution in [2.75, 3.05) is 42.4 Å². The molecule has 0 aliphatic carbocycles. The summed E-state index contributed by atoms with van der Waals surface area (Å²) in [5.41, 5.74) is 0. The molecule has 0 bridgehead atoms. The first-order chi connectivity index (χ1) is 7.27. The van der Waals surface area contributed by atoms with E-state index in [2.05, 4.69) is 49.2 Å². The third-order valence-corrected chi connectivity index (χ3v) is 10.3. The van der Waals surface area contributed by atoms with Crippen LogP contribution in [0, 0.1) is 0 Å². The smallest absolute Gasteiger partial charge is 0.387 e. The molecule has 0 spiro atoms. The molecule has 0 aliphatic heterocycles. The average molecular weight is 266 g/mol. The minimum Gasteiger partial charge on any atom is -0.387 e. The summed E-state index contributed by atoms with van der Waals surface area (Å²) in [5, 5.41) is 0. The van der Waals surface area contributed by atoms with E-state index < -0.39 is 17.7 Å². The average Bonchev–Trinajstić information content (AvgIpc) is 2.16. The molecule has 5 nitrogen and oxygen atoms in total. The lowest BCUT2D eigenvalue weighted by molar-refractivity contribution is 0.192. The normalized spacial score (nSPS) is 15.2. The summed E-state index contributed by atoms with van der Waals surface area (Å²) in [6.45, 7) is 4.33. The Morgan fingerprint density at radius 1 is 1.06 bits per heavy atom. The fraction of sp³-hybridized carbons (Fsp3) is 1.00. The highest BCUT2D eigenvalue weighted by Crippen LogP contribution is 2.06. The second kappa shape index (κ2) is 6.85. The van der Waals surface area contributed by atoms with E-state index >= 15 is 0 Å². The molecule has 0 radical (unpaired) electrons. The molecule has 0 aromatic carbocycles. The SMILES string of the molecule is CO[Si](C)(N[SiH](C)C(N(C)C)N(C)C)OC. The van der Waals surface area contributed by atoms with E-state index in [0.29, 0.717) is 5.79 Å². The maximum Gasteiger partial charge on any atom is 0.414 e. The Hall–Kier alpha value is 0.234. The van der Waals surface area contributed by atoms with Gasteiger partial charge in [-0.25, -0.2) is 0 Å².